The van der Waals surface area contributed by atoms with Crippen LogP contribution in [0.3, 0.4) is 0 Å². The van der Waals surface area contributed by atoms with Crippen molar-refractivity contribution in [3.05, 3.63) is 18.0 Å². The van der Waals surface area contributed by atoms with Crippen LogP contribution in [0.4, 0.5) is 0 Å². The van der Waals surface area contributed by atoms with E-state index in [4.69, 9.17) is 10.00 Å². The second-order valence-electron chi connectivity index (χ2n) is 11.5. The summed E-state index contributed by atoms with van der Waals surface area (Å²) in [5.41, 5.74) is -0.0216. The van der Waals surface area contributed by atoms with Gasteiger partial charge in [0.15, 0.2) is 5.78 Å². The van der Waals surface area contributed by atoms with Crippen LogP contribution in [0.15, 0.2) is 12.4 Å². The number of carbonyl (C=O) groups is 1. The standard InChI is InChI=1S/C26H37N3O3/c1-25-9-7-20-19-8-10-26(31,16-32-2)11-18(19)3-4-21(20)22(25)5-6-23(25)24(30)15-29-14-17(12-27)13-28-29/h13-14,18-23,31H,3-11,15-16H2,1-2H3. The number of methoxy groups -OCH3 is 1. The first-order valence-corrected chi connectivity index (χ1v) is 12.5. The molecule has 0 spiro atoms. The summed E-state index contributed by atoms with van der Waals surface area (Å²) in [5.74, 6) is 3.90. The van der Waals surface area contributed by atoms with Gasteiger partial charge in [-0.1, -0.05) is 6.92 Å². The third-order valence-corrected chi connectivity index (χ3v) is 9.99. The number of carbonyl (C=O) groups excluding carboxylic acids is 1. The summed E-state index contributed by atoms with van der Waals surface area (Å²) >= 11 is 0. The second kappa shape index (κ2) is 8.25. The smallest absolute Gasteiger partial charge is 0.157 e. The third kappa shape index (κ3) is 3.62. The Kier molecular flexibility index (Phi) is 5.70. The molecule has 0 bridgehead atoms. The Balaban J connectivity index is 1.28. The Hall–Kier alpha value is -1.71. The van der Waals surface area contributed by atoms with Gasteiger partial charge in [-0.15, -0.1) is 0 Å². The van der Waals surface area contributed by atoms with Gasteiger partial charge >= 0.3 is 0 Å². The van der Waals surface area contributed by atoms with Crippen molar-refractivity contribution in [2.24, 2.45) is 40.9 Å². The summed E-state index contributed by atoms with van der Waals surface area (Å²) in [6, 6.07) is 2.09. The second-order valence-corrected chi connectivity index (χ2v) is 11.5. The summed E-state index contributed by atoms with van der Waals surface area (Å²) in [4.78, 5) is 13.3. The number of aliphatic hydroxyl groups is 1. The van der Waals surface area contributed by atoms with Gasteiger partial charge in [0, 0.05) is 19.2 Å². The Bertz CT molecular complexity index is 906. The lowest BCUT2D eigenvalue weighted by atomic mass is 9.49. The molecule has 6 heteroatoms. The molecular weight excluding hydrogens is 402 g/mol. The molecule has 8 atom stereocenters. The first kappa shape index (κ1) is 22.1. The molecule has 1 heterocycles. The van der Waals surface area contributed by atoms with E-state index in [-0.39, 0.29) is 23.7 Å². The van der Waals surface area contributed by atoms with Crippen molar-refractivity contribution in [3.63, 3.8) is 0 Å². The van der Waals surface area contributed by atoms with E-state index < -0.39 is 5.60 Å². The molecule has 4 aliphatic carbocycles. The van der Waals surface area contributed by atoms with Crippen molar-refractivity contribution in [3.8, 4) is 6.07 Å². The predicted molar refractivity (Wildman–Crippen MR) is 119 cm³/mol. The minimum absolute atomic E-state index is 0.0990. The van der Waals surface area contributed by atoms with Gasteiger partial charge < -0.3 is 9.84 Å². The topological polar surface area (TPSA) is 88.1 Å². The third-order valence-electron chi connectivity index (χ3n) is 9.99. The van der Waals surface area contributed by atoms with Crippen LogP contribution in [0.1, 0.15) is 70.3 Å². The van der Waals surface area contributed by atoms with Gasteiger partial charge in [0.25, 0.3) is 0 Å². The Morgan fingerprint density at radius 2 is 2.03 bits per heavy atom. The van der Waals surface area contributed by atoms with E-state index in [9.17, 15) is 9.90 Å². The van der Waals surface area contributed by atoms with E-state index in [0.29, 0.717) is 24.0 Å². The van der Waals surface area contributed by atoms with Gasteiger partial charge in [-0.2, -0.15) is 10.4 Å². The van der Waals surface area contributed by atoms with Crippen molar-refractivity contribution >= 4 is 5.78 Å². The summed E-state index contributed by atoms with van der Waals surface area (Å²) < 4.78 is 6.96. The highest BCUT2D eigenvalue weighted by molar-refractivity contribution is 5.82. The number of Topliss-reactive ketones (excluding diaryl/α,β-unsaturated/α-hetero) is 1. The molecule has 1 N–H and O–H groups in total. The van der Waals surface area contributed by atoms with Crippen LogP contribution < -0.4 is 0 Å². The quantitative estimate of drug-likeness (QED) is 0.750. The summed E-state index contributed by atoms with van der Waals surface area (Å²) in [5, 5.41) is 24.2. The van der Waals surface area contributed by atoms with E-state index in [1.165, 1.54) is 31.9 Å². The van der Waals surface area contributed by atoms with Crippen LogP contribution in [0.2, 0.25) is 0 Å². The number of nitriles is 1. The lowest BCUT2D eigenvalue weighted by Gasteiger charge is -2.57. The average Bonchev–Trinajstić information content (AvgIpc) is 3.36. The van der Waals surface area contributed by atoms with Crippen molar-refractivity contribution in [1.29, 1.82) is 5.26 Å². The molecular formula is C26H37N3O3. The van der Waals surface area contributed by atoms with E-state index in [2.05, 4.69) is 18.1 Å². The van der Waals surface area contributed by atoms with Crippen molar-refractivity contribution in [1.82, 2.24) is 9.78 Å². The number of rotatable bonds is 5. The van der Waals surface area contributed by atoms with Crippen molar-refractivity contribution < 1.29 is 14.6 Å². The normalized spacial score (nSPS) is 43.1. The number of ether oxygens (including phenoxy) is 1. The fourth-order valence-corrected chi connectivity index (χ4v) is 8.67. The zero-order valence-corrected chi connectivity index (χ0v) is 19.5. The average molecular weight is 440 g/mol. The minimum atomic E-state index is -0.630. The van der Waals surface area contributed by atoms with Crippen LogP contribution in [0, 0.1) is 52.3 Å². The Morgan fingerprint density at radius 3 is 2.78 bits per heavy atom. The fourth-order valence-electron chi connectivity index (χ4n) is 8.67. The molecule has 6 nitrogen and oxygen atoms in total. The Morgan fingerprint density at radius 1 is 1.22 bits per heavy atom. The molecule has 0 aromatic carbocycles. The maximum Gasteiger partial charge on any atom is 0.157 e. The van der Waals surface area contributed by atoms with Gasteiger partial charge in [0.1, 0.15) is 6.07 Å². The lowest BCUT2D eigenvalue weighted by Crippen LogP contribution is -2.52. The van der Waals surface area contributed by atoms with Crippen LogP contribution in [-0.2, 0) is 16.1 Å². The number of hydrogen-bond acceptors (Lipinski definition) is 5. The van der Waals surface area contributed by atoms with Crippen LogP contribution in [-0.4, -0.2) is 40.0 Å². The largest absolute Gasteiger partial charge is 0.387 e. The number of fused-ring (bicyclic) bond motifs is 5. The van der Waals surface area contributed by atoms with Gasteiger partial charge in [0.2, 0.25) is 0 Å². The molecule has 8 unspecified atom stereocenters. The first-order chi connectivity index (χ1) is 15.4. The maximum atomic E-state index is 13.3. The minimum Gasteiger partial charge on any atom is -0.387 e. The van der Waals surface area contributed by atoms with Crippen molar-refractivity contribution in [2.75, 3.05) is 13.7 Å². The van der Waals surface area contributed by atoms with Crippen LogP contribution in [0.25, 0.3) is 0 Å². The lowest BCUT2D eigenvalue weighted by molar-refractivity contribution is -0.136. The van der Waals surface area contributed by atoms with Gasteiger partial charge in [-0.25, -0.2) is 0 Å². The zero-order chi connectivity index (χ0) is 22.5. The SMILES string of the molecule is COCC1(O)CCC2C(CCC3C2CCC2(C)C(C(=O)Cn4cc(C#N)cn4)CCC32)C1. The van der Waals surface area contributed by atoms with E-state index >= 15 is 0 Å². The molecule has 0 saturated heterocycles. The highest BCUT2D eigenvalue weighted by Crippen LogP contribution is 2.64. The van der Waals surface area contributed by atoms with Gasteiger partial charge in [-0.05, 0) is 92.8 Å². The number of hydrogen-bond donors (Lipinski definition) is 1. The summed E-state index contributed by atoms with van der Waals surface area (Å²) in [6.45, 7) is 3.13. The maximum absolute atomic E-state index is 13.3. The molecule has 174 valence electrons. The molecule has 0 aliphatic heterocycles. The van der Waals surface area contributed by atoms with Gasteiger partial charge in [0.05, 0.1) is 30.5 Å². The monoisotopic (exact) mass is 439 g/mol. The summed E-state index contributed by atoms with van der Waals surface area (Å²) in [6.07, 6.45) is 13.1. The van der Waals surface area contributed by atoms with E-state index in [0.717, 1.165) is 49.9 Å². The predicted octanol–water partition coefficient (Wildman–Crippen LogP) is 3.97. The summed E-state index contributed by atoms with van der Waals surface area (Å²) in [7, 11) is 1.69. The van der Waals surface area contributed by atoms with Crippen LogP contribution >= 0.6 is 0 Å². The molecule has 4 saturated carbocycles. The molecule has 4 aliphatic rings. The number of ketones is 1. The molecule has 0 radical (unpaired) electrons. The zero-order valence-electron chi connectivity index (χ0n) is 19.5. The molecule has 1 aromatic rings. The first-order valence-electron chi connectivity index (χ1n) is 12.5. The number of aromatic nitrogens is 2. The Labute approximate surface area is 191 Å². The van der Waals surface area contributed by atoms with E-state index in [1.807, 2.05) is 0 Å². The fraction of sp³-hybridized carbons (Fsp3) is 0.808. The van der Waals surface area contributed by atoms with E-state index in [1.54, 1.807) is 18.0 Å². The molecule has 0 amide bonds. The molecule has 5 rings (SSSR count). The molecule has 4 fully saturated rings. The number of nitrogens with zero attached hydrogens (tertiary/aromatic N) is 3. The molecule has 1 aromatic heterocycles. The highest BCUT2D eigenvalue weighted by Gasteiger charge is 2.59. The highest BCUT2D eigenvalue weighted by atomic mass is 16.5. The van der Waals surface area contributed by atoms with Crippen LogP contribution in [0.5, 0.6) is 0 Å². The van der Waals surface area contributed by atoms with Gasteiger partial charge in [-0.3, -0.25) is 9.48 Å². The van der Waals surface area contributed by atoms with Crippen molar-refractivity contribution in [2.45, 2.75) is 76.9 Å². The molecule has 32 heavy (non-hydrogen) atoms.